The summed E-state index contributed by atoms with van der Waals surface area (Å²) < 4.78 is 0. The van der Waals surface area contributed by atoms with Gasteiger partial charge in [0.2, 0.25) is 5.91 Å². The van der Waals surface area contributed by atoms with Crippen LogP contribution in [0.1, 0.15) is 52.4 Å². The van der Waals surface area contributed by atoms with E-state index in [0.29, 0.717) is 12.5 Å². The Morgan fingerprint density at radius 1 is 1.25 bits per heavy atom. The van der Waals surface area contributed by atoms with E-state index in [4.69, 9.17) is 0 Å². The summed E-state index contributed by atoms with van der Waals surface area (Å²) in [5.74, 6) is 1.09. The fourth-order valence-electron chi connectivity index (χ4n) is 2.37. The minimum absolute atomic E-state index is 0.180. The van der Waals surface area contributed by atoms with Crippen LogP contribution in [0, 0.1) is 5.92 Å². The molecule has 94 valence electrons. The lowest BCUT2D eigenvalue weighted by molar-refractivity contribution is -0.121. The van der Waals surface area contributed by atoms with Crippen LogP contribution < -0.4 is 10.6 Å². The van der Waals surface area contributed by atoms with Crippen LogP contribution in [-0.2, 0) is 4.79 Å². The summed E-state index contributed by atoms with van der Waals surface area (Å²) in [5.41, 5.74) is 0. The predicted molar refractivity (Wildman–Crippen MR) is 67.3 cm³/mol. The molecule has 1 fully saturated rings. The van der Waals surface area contributed by atoms with Gasteiger partial charge in [0.15, 0.2) is 0 Å². The lowest BCUT2D eigenvalue weighted by atomic mass is 10.1. The lowest BCUT2D eigenvalue weighted by Crippen LogP contribution is -2.32. The van der Waals surface area contributed by atoms with E-state index in [1.807, 2.05) is 0 Å². The van der Waals surface area contributed by atoms with Crippen LogP contribution in [0.3, 0.4) is 0 Å². The maximum absolute atomic E-state index is 11.3. The first kappa shape index (κ1) is 13.5. The van der Waals surface area contributed by atoms with E-state index in [2.05, 4.69) is 24.5 Å². The van der Waals surface area contributed by atoms with Crippen molar-refractivity contribution in [3.8, 4) is 0 Å². The quantitative estimate of drug-likeness (QED) is 0.698. The van der Waals surface area contributed by atoms with Crippen LogP contribution in [0.5, 0.6) is 0 Å². The molecule has 16 heavy (non-hydrogen) atoms. The van der Waals surface area contributed by atoms with Crippen molar-refractivity contribution in [2.75, 3.05) is 13.1 Å². The van der Waals surface area contributed by atoms with E-state index < -0.39 is 0 Å². The molecule has 0 aromatic carbocycles. The van der Waals surface area contributed by atoms with Crippen LogP contribution in [-0.4, -0.2) is 25.0 Å². The number of amides is 1. The third kappa shape index (κ3) is 4.97. The zero-order valence-corrected chi connectivity index (χ0v) is 10.7. The Morgan fingerprint density at radius 3 is 2.69 bits per heavy atom. The van der Waals surface area contributed by atoms with E-state index in [-0.39, 0.29) is 5.91 Å². The van der Waals surface area contributed by atoms with Crippen molar-refractivity contribution in [2.45, 2.75) is 58.4 Å². The van der Waals surface area contributed by atoms with Crippen molar-refractivity contribution >= 4 is 5.91 Å². The van der Waals surface area contributed by atoms with Gasteiger partial charge in [0.1, 0.15) is 0 Å². The van der Waals surface area contributed by atoms with Gasteiger partial charge >= 0.3 is 0 Å². The largest absolute Gasteiger partial charge is 0.356 e. The highest BCUT2D eigenvalue weighted by atomic mass is 16.1. The fourth-order valence-corrected chi connectivity index (χ4v) is 2.37. The third-order valence-electron chi connectivity index (χ3n) is 3.48. The fraction of sp³-hybridized carbons (Fsp3) is 0.923. The molecule has 1 amide bonds. The number of carbonyl (C=O) groups excluding carboxylic acids is 1. The first-order valence-corrected chi connectivity index (χ1v) is 6.76. The highest BCUT2D eigenvalue weighted by molar-refractivity contribution is 5.75. The second-order valence-corrected chi connectivity index (χ2v) is 4.84. The zero-order chi connectivity index (χ0) is 11.8. The molecule has 1 rings (SSSR count). The monoisotopic (exact) mass is 226 g/mol. The molecule has 1 aliphatic rings. The summed E-state index contributed by atoms with van der Waals surface area (Å²) in [5, 5.41) is 6.39. The maximum atomic E-state index is 11.3. The summed E-state index contributed by atoms with van der Waals surface area (Å²) >= 11 is 0. The Labute approximate surface area is 99.4 Å². The third-order valence-corrected chi connectivity index (χ3v) is 3.48. The van der Waals surface area contributed by atoms with Gasteiger partial charge in [-0.2, -0.15) is 0 Å². The Hall–Kier alpha value is -0.570. The van der Waals surface area contributed by atoms with Gasteiger partial charge in [0.25, 0.3) is 0 Å². The summed E-state index contributed by atoms with van der Waals surface area (Å²) in [7, 11) is 0. The summed E-state index contributed by atoms with van der Waals surface area (Å²) in [6.07, 6.45) is 6.88. The second-order valence-electron chi connectivity index (χ2n) is 4.84. The molecule has 0 aliphatic heterocycles. The molecule has 2 N–H and O–H groups in total. The zero-order valence-electron chi connectivity index (χ0n) is 10.7. The topological polar surface area (TPSA) is 41.1 Å². The van der Waals surface area contributed by atoms with Gasteiger partial charge in [-0.25, -0.2) is 0 Å². The van der Waals surface area contributed by atoms with Gasteiger partial charge in [-0.15, -0.1) is 0 Å². The van der Waals surface area contributed by atoms with Crippen molar-refractivity contribution in [1.82, 2.24) is 10.6 Å². The maximum Gasteiger partial charge on any atom is 0.221 e. The van der Waals surface area contributed by atoms with Crippen LogP contribution in [0.2, 0.25) is 0 Å². The number of rotatable bonds is 7. The van der Waals surface area contributed by atoms with Gasteiger partial charge in [-0.05, 0) is 31.6 Å². The molecule has 0 saturated heterocycles. The minimum Gasteiger partial charge on any atom is -0.356 e. The number of nitrogens with one attached hydrogen (secondary N) is 2. The van der Waals surface area contributed by atoms with Crippen LogP contribution in [0.4, 0.5) is 0 Å². The molecule has 2 unspecified atom stereocenters. The van der Waals surface area contributed by atoms with Crippen molar-refractivity contribution in [2.24, 2.45) is 5.92 Å². The SMILES string of the molecule is CCCNC(=O)CCNC1CCC(CC)C1. The average Bonchev–Trinajstić information content (AvgIpc) is 2.74. The molecule has 0 spiro atoms. The number of carbonyl (C=O) groups is 1. The van der Waals surface area contributed by atoms with Crippen LogP contribution in [0.15, 0.2) is 0 Å². The molecule has 0 radical (unpaired) electrons. The Balaban J connectivity index is 2.01. The van der Waals surface area contributed by atoms with Gasteiger partial charge in [-0.1, -0.05) is 20.3 Å². The first-order chi connectivity index (χ1) is 7.76. The van der Waals surface area contributed by atoms with Crippen LogP contribution in [0.25, 0.3) is 0 Å². The number of hydrogen-bond donors (Lipinski definition) is 2. The molecule has 0 aromatic rings. The van der Waals surface area contributed by atoms with Gasteiger partial charge in [-0.3, -0.25) is 4.79 Å². The van der Waals surface area contributed by atoms with E-state index in [0.717, 1.165) is 25.4 Å². The van der Waals surface area contributed by atoms with Crippen molar-refractivity contribution in [1.29, 1.82) is 0 Å². The Morgan fingerprint density at radius 2 is 2.06 bits per heavy atom. The summed E-state index contributed by atoms with van der Waals surface area (Å²) in [6.45, 7) is 5.98. The van der Waals surface area contributed by atoms with E-state index >= 15 is 0 Å². The molecule has 1 aliphatic carbocycles. The smallest absolute Gasteiger partial charge is 0.221 e. The molecular weight excluding hydrogens is 200 g/mol. The van der Waals surface area contributed by atoms with Crippen molar-refractivity contribution < 1.29 is 4.79 Å². The van der Waals surface area contributed by atoms with E-state index in [1.165, 1.54) is 25.7 Å². The molecule has 2 atom stereocenters. The highest BCUT2D eigenvalue weighted by Gasteiger charge is 2.22. The highest BCUT2D eigenvalue weighted by Crippen LogP contribution is 2.27. The summed E-state index contributed by atoms with van der Waals surface area (Å²) in [6, 6.07) is 0.656. The predicted octanol–water partition coefficient (Wildman–Crippen LogP) is 2.07. The Kier molecular flexibility index (Phi) is 6.46. The van der Waals surface area contributed by atoms with Gasteiger partial charge in [0.05, 0.1) is 0 Å². The summed E-state index contributed by atoms with van der Waals surface area (Å²) in [4.78, 5) is 11.3. The van der Waals surface area contributed by atoms with Gasteiger partial charge < -0.3 is 10.6 Å². The van der Waals surface area contributed by atoms with E-state index in [9.17, 15) is 4.79 Å². The van der Waals surface area contributed by atoms with Crippen LogP contribution >= 0.6 is 0 Å². The minimum atomic E-state index is 0.180. The molecule has 3 nitrogen and oxygen atoms in total. The molecule has 0 bridgehead atoms. The first-order valence-electron chi connectivity index (χ1n) is 6.76. The Bertz CT molecular complexity index is 206. The van der Waals surface area contributed by atoms with Crippen molar-refractivity contribution in [3.63, 3.8) is 0 Å². The van der Waals surface area contributed by atoms with E-state index in [1.54, 1.807) is 0 Å². The molecule has 0 aromatic heterocycles. The average molecular weight is 226 g/mol. The number of hydrogen-bond acceptors (Lipinski definition) is 2. The molecule has 0 heterocycles. The normalized spacial score (nSPS) is 24.6. The lowest BCUT2D eigenvalue weighted by Gasteiger charge is -2.12. The molecule has 3 heteroatoms. The molecular formula is C13H26N2O. The van der Waals surface area contributed by atoms with Crippen molar-refractivity contribution in [3.05, 3.63) is 0 Å². The second kappa shape index (κ2) is 7.66. The standard InChI is InChI=1S/C13H26N2O/c1-3-8-15-13(16)7-9-14-12-6-5-11(4-2)10-12/h11-12,14H,3-10H2,1-2H3,(H,15,16). The molecule has 1 saturated carbocycles. The van der Waals surface area contributed by atoms with Gasteiger partial charge in [0, 0.05) is 25.6 Å².